The molecule has 3 aromatic rings. The minimum Gasteiger partial charge on any atom is -0.502 e. The van der Waals surface area contributed by atoms with Gasteiger partial charge in [-0.1, -0.05) is 29.8 Å². The summed E-state index contributed by atoms with van der Waals surface area (Å²) in [6, 6.07) is 14.3. The van der Waals surface area contributed by atoms with E-state index in [1.807, 2.05) is 31.2 Å². The second-order valence-electron chi connectivity index (χ2n) is 5.28. The number of aromatic hydroxyl groups is 1. The highest BCUT2D eigenvalue weighted by Gasteiger charge is 2.14. The van der Waals surface area contributed by atoms with Crippen LogP contribution in [0.3, 0.4) is 0 Å². The van der Waals surface area contributed by atoms with Gasteiger partial charge in [-0.3, -0.25) is 5.41 Å². The normalized spacial score (nSPS) is 10.4. The number of rotatable bonds is 4. The van der Waals surface area contributed by atoms with Crippen molar-refractivity contribution < 1.29 is 9.84 Å². The smallest absolute Gasteiger partial charge is 0.266 e. The van der Waals surface area contributed by atoms with Crippen LogP contribution in [0.5, 0.6) is 17.4 Å². The zero-order valence-electron chi connectivity index (χ0n) is 13.0. The first-order valence-corrected chi connectivity index (χ1v) is 7.28. The molecular weight excluding hydrogens is 304 g/mol. The van der Waals surface area contributed by atoms with Crippen molar-refractivity contribution in [1.82, 2.24) is 9.97 Å². The van der Waals surface area contributed by atoms with E-state index in [4.69, 9.17) is 15.9 Å². The first-order valence-electron chi connectivity index (χ1n) is 7.28. The molecule has 2 aromatic carbocycles. The van der Waals surface area contributed by atoms with E-state index in [1.165, 1.54) is 6.33 Å². The van der Waals surface area contributed by atoms with E-state index in [-0.39, 0.29) is 17.5 Å². The number of benzene rings is 2. The van der Waals surface area contributed by atoms with Crippen LogP contribution in [0.1, 0.15) is 11.1 Å². The number of hydrogen-bond acceptors (Lipinski definition) is 5. The van der Waals surface area contributed by atoms with Crippen LogP contribution in [0.25, 0.3) is 11.3 Å². The summed E-state index contributed by atoms with van der Waals surface area (Å²) in [5.41, 5.74) is 8.31. The molecule has 0 aliphatic rings. The maximum atomic E-state index is 10.4. The van der Waals surface area contributed by atoms with Gasteiger partial charge in [0.1, 0.15) is 23.6 Å². The van der Waals surface area contributed by atoms with E-state index in [1.54, 1.807) is 24.3 Å². The number of hydrogen-bond donors (Lipinski definition) is 3. The predicted molar refractivity (Wildman–Crippen MR) is 91.4 cm³/mol. The first kappa shape index (κ1) is 15.5. The summed E-state index contributed by atoms with van der Waals surface area (Å²) in [6.45, 7) is 1.99. The fraction of sp³-hybridized carbons (Fsp3) is 0.0556. The summed E-state index contributed by atoms with van der Waals surface area (Å²) in [5, 5.41) is 17.8. The second kappa shape index (κ2) is 6.37. The second-order valence-corrected chi connectivity index (χ2v) is 5.28. The van der Waals surface area contributed by atoms with Crippen molar-refractivity contribution in [3.05, 3.63) is 66.0 Å². The van der Waals surface area contributed by atoms with Gasteiger partial charge in [0.2, 0.25) is 5.75 Å². The van der Waals surface area contributed by atoms with Gasteiger partial charge < -0.3 is 15.6 Å². The molecule has 0 fully saturated rings. The summed E-state index contributed by atoms with van der Waals surface area (Å²) in [5.74, 6) is 0.394. The van der Waals surface area contributed by atoms with Crippen molar-refractivity contribution in [2.75, 3.05) is 0 Å². The van der Waals surface area contributed by atoms with E-state index in [9.17, 15) is 5.11 Å². The molecule has 0 bridgehead atoms. The molecule has 1 aromatic heterocycles. The van der Waals surface area contributed by atoms with Gasteiger partial charge in [0.05, 0.1) is 0 Å². The van der Waals surface area contributed by atoms with Crippen molar-refractivity contribution >= 4 is 5.84 Å². The molecule has 4 N–H and O–H groups in total. The van der Waals surface area contributed by atoms with Crippen molar-refractivity contribution in [1.29, 1.82) is 5.41 Å². The third-order valence-corrected chi connectivity index (χ3v) is 3.49. The van der Waals surface area contributed by atoms with Crippen LogP contribution < -0.4 is 10.5 Å². The van der Waals surface area contributed by atoms with Crippen molar-refractivity contribution in [2.45, 2.75) is 6.92 Å². The van der Waals surface area contributed by atoms with Gasteiger partial charge in [-0.15, -0.1) is 0 Å². The number of nitrogens with two attached hydrogens (primary N) is 1. The number of nitrogen functional groups attached to an aromatic ring is 1. The van der Waals surface area contributed by atoms with Crippen molar-refractivity contribution in [3.63, 3.8) is 0 Å². The molecule has 24 heavy (non-hydrogen) atoms. The van der Waals surface area contributed by atoms with Crippen LogP contribution >= 0.6 is 0 Å². The average Bonchev–Trinajstić information content (AvgIpc) is 2.58. The number of aromatic nitrogens is 2. The Kier molecular flexibility index (Phi) is 4.11. The third-order valence-electron chi connectivity index (χ3n) is 3.49. The maximum absolute atomic E-state index is 10.4. The van der Waals surface area contributed by atoms with Crippen LogP contribution in [-0.4, -0.2) is 20.9 Å². The zero-order valence-corrected chi connectivity index (χ0v) is 13.0. The van der Waals surface area contributed by atoms with Gasteiger partial charge >= 0.3 is 0 Å². The number of amidine groups is 1. The Morgan fingerprint density at radius 2 is 1.71 bits per heavy atom. The molecule has 0 atom stereocenters. The lowest BCUT2D eigenvalue weighted by molar-refractivity contribution is 0.396. The molecule has 0 spiro atoms. The van der Waals surface area contributed by atoms with Gasteiger partial charge in [0.15, 0.2) is 0 Å². The topological polar surface area (TPSA) is 105 Å². The molecule has 0 aliphatic heterocycles. The molecule has 6 nitrogen and oxygen atoms in total. The summed E-state index contributed by atoms with van der Waals surface area (Å²) in [6.07, 6.45) is 1.34. The Morgan fingerprint density at radius 1 is 1.04 bits per heavy atom. The van der Waals surface area contributed by atoms with Gasteiger partial charge in [-0.2, -0.15) is 4.98 Å². The molecule has 1 heterocycles. The zero-order chi connectivity index (χ0) is 17.1. The molecule has 0 unspecified atom stereocenters. The summed E-state index contributed by atoms with van der Waals surface area (Å²) in [7, 11) is 0. The Morgan fingerprint density at radius 3 is 2.33 bits per heavy atom. The summed E-state index contributed by atoms with van der Waals surface area (Å²) in [4.78, 5) is 8.12. The van der Waals surface area contributed by atoms with Crippen LogP contribution in [-0.2, 0) is 0 Å². The van der Waals surface area contributed by atoms with Crippen LogP contribution in [0.15, 0.2) is 54.9 Å². The minimum absolute atomic E-state index is 0.0203. The number of nitrogens with zero attached hydrogens (tertiary/aromatic N) is 2. The van der Waals surface area contributed by atoms with Gasteiger partial charge in [0, 0.05) is 11.1 Å². The van der Waals surface area contributed by atoms with Crippen molar-refractivity contribution in [2.24, 2.45) is 5.73 Å². The summed E-state index contributed by atoms with van der Waals surface area (Å²) >= 11 is 0. The molecule has 0 radical (unpaired) electrons. The van der Waals surface area contributed by atoms with E-state index in [2.05, 4.69) is 9.97 Å². The molecule has 6 heteroatoms. The number of ether oxygens (including phenoxy) is 1. The highest BCUT2D eigenvalue weighted by molar-refractivity contribution is 5.94. The number of aryl methyl sites for hydroxylation is 1. The lowest BCUT2D eigenvalue weighted by Crippen LogP contribution is -2.10. The minimum atomic E-state index is -0.128. The number of nitrogens with one attached hydrogen (secondary N) is 1. The predicted octanol–water partition coefficient (Wildman–Crippen LogP) is 3.23. The quantitative estimate of drug-likeness (QED) is 0.505. The molecular formula is C18H16N4O2. The van der Waals surface area contributed by atoms with E-state index < -0.39 is 0 Å². The van der Waals surface area contributed by atoms with Gasteiger partial charge in [0.25, 0.3) is 5.88 Å². The standard InChI is InChI=1S/C18H16N4O2/c1-11-2-4-12(5-3-11)15-16(23)18(22-10-21-15)24-14-8-6-13(7-9-14)17(19)20/h2-10,23H,1H3,(H3,19,20). The summed E-state index contributed by atoms with van der Waals surface area (Å²) < 4.78 is 5.62. The van der Waals surface area contributed by atoms with E-state index >= 15 is 0 Å². The fourth-order valence-corrected chi connectivity index (χ4v) is 2.17. The molecule has 3 rings (SSSR count). The Bertz CT molecular complexity index is 875. The largest absolute Gasteiger partial charge is 0.502 e. The molecule has 120 valence electrons. The van der Waals surface area contributed by atoms with E-state index in [0.717, 1.165) is 11.1 Å². The average molecular weight is 320 g/mol. The molecule has 0 saturated carbocycles. The lowest BCUT2D eigenvalue weighted by Gasteiger charge is -2.10. The highest BCUT2D eigenvalue weighted by atomic mass is 16.5. The van der Waals surface area contributed by atoms with Crippen LogP contribution in [0.2, 0.25) is 0 Å². The van der Waals surface area contributed by atoms with Gasteiger partial charge in [-0.05, 0) is 31.2 Å². The maximum Gasteiger partial charge on any atom is 0.266 e. The SMILES string of the molecule is Cc1ccc(-c2ncnc(Oc3ccc(C(=N)N)cc3)c2O)cc1. The molecule has 0 saturated heterocycles. The Hall–Kier alpha value is -3.41. The fourth-order valence-electron chi connectivity index (χ4n) is 2.17. The Labute approximate surface area is 139 Å². The molecule has 0 aliphatic carbocycles. The van der Waals surface area contributed by atoms with E-state index in [0.29, 0.717) is 17.0 Å². The third kappa shape index (κ3) is 3.17. The monoisotopic (exact) mass is 320 g/mol. The van der Waals surface area contributed by atoms with Gasteiger partial charge in [-0.25, -0.2) is 4.98 Å². The first-order chi connectivity index (χ1) is 11.5. The van der Waals surface area contributed by atoms with Crippen LogP contribution in [0.4, 0.5) is 0 Å². The van der Waals surface area contributed by atoms with Crippen molar-refractivity contribution in [3.8, 4) is 28.6 Å². The van der Waals surface area contributed by atoms with Crippen LogP contribution in [0, 0.1) is 12.3 Å². The lowest BCUT2D eigenvalue weighted by atomic mass is 10.1. The highest BCUT2D eigenvalue weighted by Crippen LogP contribution is 2.35. The molecule has 0 amide bonds. The Balaban J connectivity index is 1.90.